The number of rotatable bonds is 5. The lowest BCUT2D eigenvalue weighted by Crippen LogP contribution is -2.22. The molecule has 0 aliphatic rings. The molecule has 0 aliphatic heterocycles. The lowest BCUT2D eigenvalue weighted by Gasteiger charge is -2.04. The minimum absolute atomic E-state index is 0.200. The number of ether oxygens (including phenoxy) is 1. The Morgan fingerprint density at radius 1 is 1.50 bits per heavy atom. The molecule has 0 fully saturated rings. The van der Waals surface area contributed by atoms with E-state index in [4.69, 9.17) is 4.74 Å². The van der Waals surface area contributed by atoms with E-state index in [1.54, 1.807) is 6.07 Å². The molecular formula is C13H15FN2O2. The van der Waals surface area contributed by atoms with Crippen molar-refractivity contribution in [2.45, 2.75) is 13.3 Å². The number of H-pyrrole nitrogens is 1. The van der Waals surface area contributed by atoms with Crippen LogP contribution >= 0.6 is 0 Å². The summed E-state index contributed by atoms with van der Waals surface area (Å²) in [5, 5.41) is 3.88. The molecule has 2 aromatic rings. The molecular weight excluding hydrogens is 235 g/mol. The highest BCUT2D eigenvalue weighted by molar-refractivity contribution is 5.83. The number of benzene rings is 1. The normalized spacial score (nSPS) is 10.8. The fourth-order valence-corrected chi connectivity index (χ4v) is 1.81. The quantitative estimate of drug-likeness (QED) is 0.484. The molecule has 1 aromatic carbocycles. The van der Waals surface area contributed by atoms with Crippen molar-refractivity contribution < 1.29 is 13.9 Å². The van der Waals surface area contributed by atoms with E-state index >= 15 is 0 Å². The van der Waals surface area contributed by atoms with E-state index in [1.165, 1.54) is 19.1 Å². The highest BCUT2D eigenvalue weighted by atomic mass is 19.1. The van der Waals surface area contributed by atoms with Crippen molar-refractivity contribution in [3.8, 4) is 0 Å². The lowest BCUT2D eigenvalue weighted by molar-refractivity contribution is -0.141. The maximum atomic E-state index is 13.1. The van der Waals surface area contributed by atoms with E-state index in [2.05, 4.69) is 10.3 Å². The van der Waals surface area contributed by atoms with Crippen LogP contribution in [0, 0.1) is 5.82 Å². The van der Waals surface area contributed by atoms with Crippen LogP contribution in [0.2, 0.25) is 0 Å². The van der Waals surface area contributed by atoms with Gasteiger partial charge in [0.1, 0.15) is 12.5 Å². The number of aromatic nitrogens is 1. The van der Waals surface area contributed by atoms with E-state index < -0.39 is 0 Å². The topological polar surface area (TPSA) is 54.1 Å². The molecule has 0 spiro atoms. The molecule has 0 amide bonds. The first-order valence-corrected chi connectivity index (χ1v) is 5.76. The van der Waals surface area contributed by atoms with Crippen molar-refractivity contribution >= 4 is 16.9 Å². The molecule has 2 N–H and O–H groups in total. The SMILES string of the molecule is CC(=O)OCNCCc1c[nH]c2ccc(F)cc12. The van der Waals surface area contributed by atoms with Crippen LogP contribution in [0.5, 0.6) is 0 Å². The van der Waals surface area contributed by atoms with Crippen molar-refractivity contribution in [3.05, 3.63) is 35.8 Å². The predicted molar refractivity (Wildman–Crippen MR) is 66.6 cm³/mol. The van der Waals surface area contributed by atoms with Gasteiger partial charge in [-0.15, -0.1) is 0 Å². The maximum absolute atomic E-state index is 13.1. The number of carbonyl (C=O) groups is 1. The highest BCUT2D eigenvalue weighted by Crippen LogP contribution is 2.19. The summed E-state index contributed by atoms with van der Waals surface area (Å²) in [6, 6.07) is 4.68. The average molecular weight is 250 g/mol. The van der Waals surface area contributed by atoms with Gasteiger partial charge in [0.25, 0.3) is 0 Å². The van der Waals surface area contributed by atoms with Crippen LogP contribution in [0.15, 0.2) is 24.4 Å². The van der Waals surface area contributed by atoms with Crippen LogP contribution < -0.4 is 5.32 Å². The molecule has 0 saturated carbocycles. The largest absolute Gasteiger partial charge is 0.450 e. The third kappa shape index (κ3) is 3.07. The minimum atomic E-state index is -0.309. The second-order valence-corrected chi connectivity index (χ2v) is 4.03. The fourth-order valence-electron chi connectivity index (χ4n) is 1.81. The molecule has 0 saturated heterocycles. The molecule has 2 rings (SSSR count). The van der Waals surface area contributed by atoms with E-state index in [-0.39, 0.29) is 18.5 Å². The van der Waals surface area contributed by atoms with Gasteiger partial charge in [-0.3, -0.25) is 10.1 Å². The average Bonchev–Trinajstić information content (AvgIpc) is 2.71. The first-order valence-electron chi connectivity index (χ1n) is 5.76. The standard InChI is InChI=1S/C13H15FN2O2/c1-9(17)18-8-15-5-4-10-7-16-13-3-2-11(14)6-12(10)13/h2-3,6-7,15-16H,4-5,8H2,1H3. The number of fused-ring (bicyclic) bond motifs is 1. The lowest BCUT2D eigenvalue weighted by atomic mass is 10.1. The van der Waals surface area contributed by atoms with Crippen LogP contribution in [0.3, 0.4) is 0 Å². The summed E-state index contributed by atoms with van der Waals surface area (Å²) in [5.41, 5.74) is 1.96. The molecule has 0 atom stereocenters. The first kappa shape index (κ1) is 12.6. The van der Waals surface area contributed by atoms with E-state index in [9.17, 15) is 9.18 Å². The summed E-state index contributed by atoms with van der Waals surface area (Å²) in [4.78, 5) is 13.6. The summed E-state index contributed by atoms with van der Waals surface area (Å²) in [6.45, 7) is 2.23. The number of carbonyl (C=O) groups excluding carboxylic acids is 1. The summed E-state index contributed by atoms with van der Waals surface area (Å²) >= 11 is 0. The van der Waals surface area contributed by atoms with Gasteiger partial charge in [0.15, 0.2) is 0 Å². The molecule has 0 radical (unpaired) electrons. The van der Waals surface area contributed by atoms with Gasteiger partial charge in [-0.25, -0.2) is 4.39 Å². The van der Waals surface area contributed by atoms with Crippen molar-refractivity contribution in [1.82, 2.24) is 10.3 Å². The van der Waals surface area contributed by atoms with Crippen LogP contribution in [0.1, 0.15) is 12.5 Å². The second kappa shape index (κ2) is 5.64. The number of nitrogens with one attached hydrogen (secondary N) is 2. The minimum Gasteiger partial charge on any atom is -0.450 e. The zero-order valence-corrected chi connectivity index (χ0v) is 10.1. The summed E-state index contributed by atoms with van der Waals surface area (Å²) < 4.78 is 17.9. The molecule has 0 bridgehead atoms. The van der Waals surface area contributed by atoms with E-state index in [1.807, 2.05) is 6.20 Å². The Bertz CT molecular complexity index is 551. The third-order valence-corrected chi connectivity index (χ3v) is 2.68. The Labute approximate surface area is 104 Å². The van der Waals surface area contributed by atoms with Crippen LogP contribution in [0.25, 0.3) is 10.9 Å². The molecule has 4 nitrogen and oxygen atoms in total. The van der Waals surface area contributed by atoms with E-state index in [0.717, 1.165) is 22.9 Å². The predicted octanol–water partition coefficient (Wildman–Crippen LogP) is 1.96. The van der Waals surface area contributed by atoms with Gasteiger partial charge in [-0.2, -0.15) is 0 Å². The summed E-state index contributed by atoms with van der Waals surface area (Å²) in [6.07, 6.45) is 2.61. The number of esters is 1. The Kier molecular flexibility index (Phi) is 3.94. The highest BCUT2D eigenvalue weighted by Gasteiger charge is 2.04. The van der Waals surface area contributed by atoms with Crippen molar-refractivity contribution in [3.63, 3.8) is 0 Å². The molecule has 5 heteroatoms. The monoisotopic (exact) mass is 250 g/mol. The van der Waals surface area contributed by atoms with Gasteiger partial charge in [-0.1, -0.05) is 0 Å². The van der Waals surface area contributed by atoms with Crippen LogP contribution in [0.4, 0.5) is 4.39 Å². The summed E-state index contributed by atoms with van der Waals surface area (Å²) in [7, 11) is 0. The summed E-state index contributed by atoms with van der Waals surface area (Å²) in [5.74, 6) is -0.548. The van der Waals surface area contributed by atoms with Gasteiger partial charge in [-0.05, 0) is 30.2 Å². The van der Waals surface area contributed by atoms with Gasteiger partial charge >= 0.3 is 5.97 Å². The molecule has 0 aliphatic carbocycles. The first-order chi connectivity index (χ1) is 8.66. The number of aromatic amines is 1. The molecule has 0 unspecified atom stereocenters. The van der Waals surface area contributed by atoms with Gasteiger partial charge in [0.2, 0.25) is 0 Å². The van der Waals surface area contributed by atoms with Crippen LogP contribution in [-0.2, 0) is 16.0 Å². The number of hydrogen-bond acceptors (Lipinski definition) is 3. The molecule has 18 heavy (non-hydrogen) atoms. The number of hydrogen-bond donors (Lipinski definition) is 2. The Morgan fingerprint density at radius 3 is 3.11 bits per heavy atom. The van der Waals surface area contributed by atoms with Gasteiger partial charge in [0, 0.05) is 30.6 Å². The third-order valence-electron chi connectivity index (χ3n) is 2.68. The van der Waals surface area contributed by atoms with Crippen molar-refractivity contribution in [2.24, 2.45) is 0 Å². The zero-order chi connectivity index (χ0) is 13.0. The van der Waals surface area contributed by atoms with Crippen molar-refractivity contribution in [2.75, 3.05) is 13.3 Å². The zero-order valence-electron chi connectivity index (χ0n) is 10.1. The molecule has 96 valence electrons. The Hall–Kier alpha value is -1.88. The fraction of sp³-hybridized carbons (Fsp3) is 0.308. The Morgan fingerprint density at radius 2 is 2.33 bits per heavy atom. The van der Waals surface area contributed by atoms with Gasteiger partial charge < -0.3 is 9.72 Å². The number of halogens is 1. The second-order valence-electron chi connectivity index (χ2n) is 4.03. The van der Waals surface area contributed by atoms with E-state index in [0.29, 0.717) is 6.54 Å². The smallest absolute Gasteiger partial charge is 0.303 e. The Balaban J connectivity index is 1.91. The maximum Gasteiger partial charge on any atom is 0.303 e. The van der Waals surface area contributed by atoms with Gasteiger partial charge in [0.05, 0.1) is 0 Å². The van der Waals surface area contributed by atoms with Crippen LogP contribution in [-0.4, -0.2) is 24.2 Å². The van der Waals surface area contributed by atoms with Crippen molar-refractivity contribution in [1.29, 1.82) is 0 Å². The molecule has 1 heterocycles. The molecule has 1 aromatic heterocycles.